The van der Waals surface area contributed by atoms with Gasteiger partial charge in [0.05, 0.1) is 30.0 Å². The first-order chi connectivity index (χ1) is 20.1. The second-order valence-corrected chi connectivity index (χ2v) is 13.9. The van der Waals surface area contributed by atoms with Crippen molar-refractivity contribution in [1.82, 2.24) is 0 Å². The number of sulfonamides is 2. The summed E-state index contributed by atoms with van der Waals surface area (Å²) in [6, 6.07) is 12.8. The van der Waals surface area contributed by atoms with Crippen LogP contribution >= 0.6 is 0 Å². The molecule has 0 saturated heterocycles. The lowest BCUT2D eigenvalue weighted by Crippen LogP contribution is -2.29. The summed E-state index contributed by atoms with van der Waals surface area (Å²) in [4.78, 5) is 22.0. The van der Waals surface area contributed by atoms with Gasteiger partial charge in [0.1, 0.15) is 11.5 Å². The Morgan fingerprint density at radius 3 is 1.37 bits per heavy atom. The summed E-state index contributed by atoms with van der Waals surface area (Å²) in [5, 5.41) is 8.76. The quantitative estimate of drug-likeness (QED) is 0.261. The third-order valence-electron chi connectivity index (χ3n) is 6.25. The topological polar surface area (TPSA) is 157 Å². The van der Waals surface area contributed by atoms with Gasteiger partial charge in [-0.25, -0.2) is 26.4 Å². The zero-order valence-electron chi connectivity index (χ0n) is 25.8. The fraction of sp³-hybridized carbons (Fsp3) is 0.517. The highest BCUT2D eigenvalue weighted by molar-refractivity contribution is 7.93. The van der Waals surface area contributed by atoms with Crippen molar-refractivity contribution in [2.45, 2.75) is 65.6 Å². The van der Waals surface area contributed by atoms with Gasteiger partial charge in [-0.3, -0.25) is 8.61 Å². The molecule has 43 heavy (non-hydrogen) atoms. The molecule has 0 heterocycles. The minimum absolute atomic E-state index is 0.105. The van der Waals surface area contributed by atoms with Crippen molar-refractivity contribution in [3.63, 3.8) is 0 Å². The van der Waals surface area contributed by atoms with Crippen molar-refractivity contribution in [3.8, 4) is 11.5 Å². The Kier molecular flexibility index (Phi) is 15.3. The lowest BCUT2D eigenvalue weighted by Gasteiger charge is -2.20. The molecule has 2 unspecified atom stereocenters. The molecule has 2 aromatic carbocycles. The molecule has 242 valence electrons. The highest BCUT2D eigenvalue weighted by atomic mass is 32.2. The molecule has 0 spiro atoms. The van der Waals surface area contributed by atoms with Gasteiger partial charge in [0.2, 0.25) is 20.0 Å². The summed E-state index contributed by atoms with van der Waals surface area (Å²) in [6.07, 6.45) is 1.20. The second kappa shape index (κ2) is 17.6. The summed E-state index contributed by atoms with van der Waals surface area (Å²) < 4.78 is 66.0. The van der Waals surface area contributed by atoms with Crippen molar-refractivity contribution in [3.05, 3.63) is 48.5 Å². The molecule has 0 fully saturated rings. The predicted octanol–water partition coefficient (Wildman–Crippen LogP) is 4.30. The number of carbonyl (C=O) groups is 2. The normalized spacial score (nSPS) is 12.6. The number of rotatable bonds is 16. The van der Waals surface area contributed by atoms with Crippen LogP contribution in [0, 0.1) is 0 Å². The van der Waals surface area contributed by atoms with E-state index in [1.54, 1.807) is 55.5 Å². The summed E-state index contributed by atoms with van der Waals surface area (Å²) >= 11 is 0. The van der Waals surface area contributed by atoms with Gasteiger partial charge in [-0.15, -0.1) is 0 Å². The number of hydrogen-bond donors (Lipinski definition) is 1. The molecule has 2 atom stereocenters. The number of hydrogen-bond acceptors (Lipinski definition) is 9. The van der Waals surface area contributed by atoms with Gasteiger partial charge in [-0.1, -0.05) is 26.7 Å². The zero-order valence-corrected chi connectivity index (χ0v) is 27.5. The summed E-state index contributed by atoms with van der Waals surface area (Å²) in [5.74, 6) is -0.443. The number of carboxylic acid groups (broad SMARTS) is 1. The van der Waals surface area contributed by atoms with E-state index < -0.39 is 44.2 Å². The molecule has 0 aliphatic heterocycles. The molecule has 2 rings (SSSR count). The van der Waals surface area contributed by atoms with Crippen LogP contribution in [0.4, 0.5) is 11.4 Å². The average molecular weight is 645 g/mol. The number of esters is 1. The highest BCUT2D eigenvalue weighted by Gasteiger charge is 2.20. The van der Waals surface area contributed by atoms with Gasteiger partial charge >= 0.3 is 11.9 Å². The Balaban J connectivity index is 0.000000430. The molecule has 0 radical (unpaired) electrons. The number of carboxylic acids is 1. The van der Waals surface area contributed by atoms with E-state index in [0.29, 0.717) is 35.7 Å². The van der Waals surface area contributed by atoms with E-state index in [0.717, 1.165) is 12.8 Å². The molecule has 12 nitrogen and oxygen atoms in total. The number of methoxy groups -OCH3 is 1. The molecule has 0 amide bonds. The van der Waals surface area contributed by atoms with Gasteiger partial charge in [0.15, 0.2) is 12.2 Å². The van der Waals surface area contributed by atoms with Gasteiger partial charge in [0, 0.05) is 14.1 Å². The van der Waals surface area contributed by atoms with Crippen molar-refractivity contribution in [1.29, 1.82) is 0 Å². The van der Waals surface area contributed by atoms with Crippen LogP contribution in [0.15, 0.2) is 48.5 Å². The van der Waals surface area contributed by atoms with Crippen LogP contribution in [0.2, 0.25) is 0 Å². The van der Waals surface area contributed by atoms with Gasteiger partial charge in [0.25, 0.3) is 0 Å². The van der Waals surface area contributed by atoms with Crippen LogP contribution in [-0.4, -0.2) is 78.8 Å². The first-order valence-corrected chi connectivity index (χ1v) is 17.1. The molecule has 0 bridgehead atoms. The Bertz CT molecular complexity index is 1360. The van der Waals surface area contributed by atoms with Crippen LogP contribution in [0.3, 0.4) is 0 Å². The second-order valence-electron chi connectivity index (χ2n) is 9.64. The summed E-state index contributed by atoms with van der Waals surface area (Å²) in [7, 11) is -2.32. The van der Waals surface area contributed by atoms with E-state index in [1.807, 2.05) is 13.8 Å². The first-order valence-electron chi connectivity index (χ1n) is 13.9. The lowest BCUT2D eigenvalue weighted by atomic mass is 10.3. The third kappa shape index (κ3) is 12.3. The standard InChI is InChI=1S/C15H23NO5S.C14H21NO5S/c1-5-6-11-22(18,19)16(3)13-7-9-14(10-8-13)21-12(2)15(17)20-4;1-4-5-10-21(18,19)15(3)12-6-8-13(9-7-12)20-11(2)14(16)17/h7-10,12H,5-6,11H2,1-4H3;6-9,11H,4-5,10H2,1-3H3,(H,16,17). The van der Waals surface area contributed by atoms with Gasteiger partial charge in [-0.2, -0.15) is 0 Å². The molecule has 0 aliphatic rings. The van der Waals surface area contributed by atoms with Crippen LogP contribution in [0.25, 0.3) is 0 Å². The summed E-state index contributed by atoms with van der Waals surface area (Å²) in [5.41, 5.74) is 1.07. The SMILES string of the molecule is CCCCS(=O)(=O)N(C)c1ccc(OC(C)C(=O)O)cc1.CCCCS(=O)(=O)N(C)c1ccc(OC(C)C(=O)OC)cc1. The molecule has 0 aliphatic carbocycles. The first kappa shape index (κ1) is 37.5. The smallest absolute Gasteiger partial charge is 0.346 e. The molecule has 14 heteroatoms. The average Bonchev–Trinajstić information content (AvgIpc) is 2.98. The van der Waals surface area contributed by atoms with E-state index in [-0.39, 0.29) is 11.5 Å². The van der Waals surface area contributed by atoms with Crippen LogP contribution in [-0.2, 0) is 34.4 Å². The fourth-order valence-electron chi connectivity index (χ4n) is 3.39. The largest absolute Gasteiger partial charge is 0.479 e. The predicted molar refractivity (Wildman–Crippen MR) is 167 cm³/mol. The van der Waals surface area contributed by atoms with Crippen LogP contribution < -0.4 is 18.1 Å². The molecule has 2 aromatic rings. The zero-order chi connectivity index (χ0) is 32.8. The number of aliphatic carboxylic acids is 1. The Morgan fingerprint density at radius 2 is 1.07 bits per heavy atom. The van der Waals surface area contributed by atoms with E-state index in [9.17, 15) is 26.4 Å². The van der Waals surface area contributed by atoms with Crippen LogP contribution in [0.1, 0.15) is 53.4 Å². The van der Waals surface area contributed by atoms with Crippen molar-refractivity contribution in [2.24, 2.45) is 0 Å². The van der Waals surface area contributed by atoms with Crippen molar-refractivity contribution < 1.29 is 45.7 Å². The maximum atomic E-state index is 12.1. The number of benzene rings is 2. The number of ether oxygens (including phenoxy) is 3. The lowest BCUT2D eigenvalue weighted by molar-refractivity contribution is -0.148. The summed E-state index contributed by atoms with van der Waals surface area (Å²) in [6.45, 7) is 6.90. The van der Waals surface area contributed by atoms with Gasteiger partial charge in [-0.05, 0) is 75.2 Å². The minimum Gasteiger partial charge on any atom is -0.479 e. The van der Waals surface area contributed by atoms with E-state index in [4.69, 9.17) is 14.6 Å². The maximum absolute atomic E-state index is 12.1. The van der Waals surface area contributed by atoms with E-state index in [2.05, 4.69) is 4.74 Å². The Hall–Kier alpha value is -3.52. The highest BCUT2D eigenvalue weighted by Crippen LogP contribution is 2.23. The third-order valence-corrected chi connectivity index (χ3v) is 9.95. The van der Waals surface area contributed by atoms with Crippen molar-refractivity contribution in [2.75, 3.05) is 41.3 Å². The van der Waals surface area contributed by atoms with E-state index in [1.165, 1.54) is 36.7 Å². The minimum atomic E-state index is -3.33. The monoisotopic (exact) mass is 644 g/mol. The Labute approximate surface area is 255 Å². The molecule has 1 N–H and O–H groups in total. The number of nitrogens with zero attached hydrogens (tertiary/aromatic N) is 2. The van der Waals surface area contributed by atoms with Crippen molar-refractivity contribution >= 4 is 43.4 Å². The molecule has 0 aromatic heterocycles. The van der Waals surface area contributed by atoms with Crippen LogP contribution in [0.5, 0.6) is 11.5 Å². The molecular formula is C29H44N2O10S2. The number of carbonyl (C=O) groups excluding carboxylic acids is 1. The number of unbranched alkanes of at least 4 members (excludes halogenated alkanes) is 2. The molecular weight excluding hydrogens is 600 g/mol. The maximum Gasteiger partial charge on any atom is 0.346 e. The molecule has 0 saturated carbocycles. The Morgan fingerprint density at radius 1 is 0.721 bits per heavy atom. The fourth-order valence-corrected chi connectivity index (χ4v) is 6.13. The number of anilines is 2. The van der Waals surface area contributed by atoms with Gasteiger partial charge < -0.3 is 19.3 Å². The van der Waals surface area contributed by atoms with E-state index >= 15 is 0 Å².